The summed E-state index contributed by atoms with van der Waals surface area (Å²) < 4.78 is 5.33. The first kappa shape index (κ1) is 12.2. The molecule has 0 aromatic heterocycles. The highest BCUT2D eigenvalue weighted by Gasteiger charge is 2.15. The van der Waals surface area contributed by atoms with E-state index < -0.39 is 0 Å². The van der Waals surface area contributed by atoms with Crippen molar-refractivity contribution in [2.45, 2.75) is 38.8 Å². The molecule has 2 atom stereocenters. The predicted molar refractivity (Wildman–Crippen MR) is 63.9 cm³/mol. The molecule has 1 aromatic carbocycles. The zero-order valence-electron chi connectivity index (χ0n) is 9.86. The van der Waals surface area contributed by atoms with E-state index >= 15 is 0 Å². The third kappa shape index (κ3) is 3.65. The van der Waals surface area contributed by atoms with E-state index in [9.17, 15) is 0 Å². The average molecular weight is 207 g/mol. The van der Waals surface area contributed by atoms with Gasteiger partial charge in [0.1, 0.15) is 0 Å². The summed E-state index contributed by atoms with van der Waals surface area (Å²) in [7, 11) is 1.73. The van der Waals surface area contributed by atoms with Gasteiger partial charge in [0.15, 0.2) is 0 Å². The van der Waals surface area contributed by atoms with Gasteiger partial charge in [0, 0.05) is 13.2 Å². The van der Waals surface area contributed by atoms with Crippen molar-refractivity contribution in [1.82, 2.24) is 0 Å². The van der Waals surface area contributed by atoms with E-state index in [1.165, 1.54) is 11.1 Å². The van der Waals surface area contributed by atoms with Crippen LogP contribution in [0.3, 0.4) is 0 Å². The second-order valence-corrected chi connectivity index (χ2v) is 4.04. The Hall–Kier alpha value is -0.860. The largest absolute Gasteiger partial charge is 0.380 e. The second-order valence-electron chi connectivity index (χ2n) is 4.04. The van der Waals surface area contributed by atoms with Gasteiger partial charge in [-0.1, -0.05) is 36.8 Å². The molecule has 15 heavy (non-hydrogen) atoms. The third-order valence-corrected chi connectivity index (χ3v) is 2.77. The van der Waals surface area contributed by atoms with E-state index in [1.807, 2.05) is 0 Å². The molecule has 0 saturated carbocycles. The molecule has 0 aliphatic heterocycles. The Balaban J connectivity index is 2.57. The quantitative estimate of drug-likeness (QED) is 0.804. The number of nitrogens with two attached hydrogens (primary N) is 1. The molecule has 0 radical (unpaired) electrons. The fourth-order valence-corrected chi connectivity index (χ4v) is 1.77. The molecule has 0 heterocycles. The van der Waals surface area contributed by atoms with Crippen molar-refractivity contribution in [3.8, 4) is 0 Å². The fourth-order valence-electron chi connectivity index (χ4n) is 1.77. The summed E-state index contributed by atoms with van der Waals surface area (Å²) in [5.41, 5.74) is 8.65. The number of methoxy groups -OCH3 is 1. The van der Waals surface area contributed by atoms with Gasteiger partial charge in [-0.2, -0.15) is 0 Å². The van der Waals surface area contributed by atoms with E-state index in [0.717, 1.165) is 12.8 Å². The summed E-state index contributed by atoms with van der Waals surface area (Å²) in [5, 5.41) is 0. The highest BCUT2D eigenvalue weighted by Crippen LogP contribution is 2.10. The number of hydrogen-bond donors (Lipinski definition) is 1. The smallest absolute Gasteiger partial charge is 0.0722 e. The Kier molecular flexibility index (Phi) is 4.79. The monoisotopic (exact) mass is 207 g/mol. The number of rotatable bonds is 5. The number of aryl methyl sites for hydroxylation is 1. The zero-order valence-corrected chi connectivity index (χ0v) is 9.86. The van der Waals surface area contributed by atoms with Crippen molar-refractivity contribution in [3.63, 3.8) is 0 Å². The van der Waals surface area contributed by atoms with Crippen LogP contribution in [0.2, 0.25) is 0 Å². The van der Waals surface area contributed by atoms with E-state index in [2.05, 4.69) is 38.1 Å². The molecule has 2 nitrogen and oxygen atoms in total. The molecule has 0 fully saturated rings. The van der Waals surface area contributed by atoms with Gasteiger partial charge < -0.3 is 10.5 Å². The molecular weight excluding hydrogens is 186 g/mol. The Morgan fingerprint density at radius 2 is 1.87 bits per heavy atom. The lowest BCUT2D eigenvalue weighted by atomic mass is 10.00. The normalized spacial score (nSPS) is 14.9. The Morgan fingerprint density at radius 1 is 1.27 bits per heavy atom. The molecule has 0 saturated heterocycles. The van der Waals surface area contributed by atoms with Crippen molar-refractivity contribution >= 4 is 0 Å². The average Bonchev–Trinajstić information content (AvgIpc) is 2.23. The van der Waals surface area contributed by atoms with Crippen LogP contribution in [0.15, 0.2) is 24.3 Å². The zero-order chi connectivity index (χ0) is 11.3. The summed E-state index contributed by atoms with van der Waals surface area (Å²) in [4.78, 5) is 0. The molecule has 0 aliphatic carbocycles. The summed E-state index contributed by atoms with van der Waals surface area (Å²) in [6.45, 7) is 4.19. The summed E-state index contributed by atoms with van der Waals surface area (Å²) in [6.07, 6.45) is 2.00. The fraction of sp³-hybridized carbons (Fsp3) is 0.538. The highest BCUT2D eigenvalue weighted by molar-refractivity contribution is 5.22. The standard InChI is InChI=1S/C13H21NO/c1-4-13(15-3)12(14)9-11-7-5-10(2)6-8-11/h5-8,12-13H,4,9,14H2,1-3H3. The second kappa shape index (κ2) is 5.89. The van der Waals surface area contributed by atoms with Crippen molar-refractivity contribution in [2.24, 2.45) is 5.73 Å². The maximum atomic E-state index is 6.08. The lowest BCUT2D eigenvalue weighted by Crippen LogP contribution is -2.37. The van der Waals surface area contributed by atoms with Crippen LogP contribution in [-0.4, -0.2) is 19.3 Å². The van der Waals surface area contributed by atoms with E-state index in [-0.39, 0.29) is 12.1 Å². The van der Waals surface area contributed by atoms with Crippen molar-refractivity contribution in [1.29, 1.82) is 0 Å². The molecule has 0 aliphatic rings. The predicted octanol–water partition coefficient (Wildman–Crippen LogP) is 2.29. The summed E-state index contributed by atoms with van der Waals surface area (Å²) >= 11 is 0. The maximum Gasteiger partial charge on any atom is 0.0722 e. The molecule has 2 heteroatoms. The van der Waals surface area contributed by atoms with Crippen LogP contribution in [0.1, 0.15) is 24.5 Å². The first-order valence-electron chi connectivity index (χ1n) is 5.51. The Morgan fingerprint density at radius 3 is 2.33 bits per heavy atom. The van der Waals surface area contributed by atoms with Gasteiger partial charge in [0.05, 0.1) is 6.10 Å². The van der Waals surface area contributed by atoms with Gasteiger partial charge in [0.2, 0.25) is 0 Å². The van der Waals surface area contributed by atoms with E-state index in [1.54, 1.807) is 7.11 Å². The van der Waals surface area contributed by atoms with E-state index in [0.29, 0.717) is 0 Å². The minimum absolute atomic E-state index is 0.0858. The molecule has 1 rings (SSSR count). The summed E-state index contributed by atoms with van der Waals surface area (Å²) in [5.74, 6) is 0. The van der Waals surface area contributed by atoms with Gasteiger partial charge in [-0.05, 0) is 25.3 Å². The van der Waals surface area contributed by atoms with Crippen LogP contribution in [-0.2, 0) is 11.2 Å². The van der Waals surface area contributed by atoms with Gasteiger partial charge in [0.25, 0.3) is 0 Å². The Labute approximate surface area is 92.4 Å². The van der Waals surface area contributed by atoms with Gasteiger partial charge >= 0.3 is 0 Å². The molecule has 0 spiro atoms. The number of hydrogen-bond acceptors (Lipinski definition) is 2. The molecule has 1 aromatic rings. The maximum absolute atomic E-state index is 6.08. The van der Waals surface area contributed by atoms with Crippen LogP contribution in [0, 0.1) is 6.92 Å². The van der Waals surface area contributed by atoms with Crippen LogP contribution in [0.4, 0.5) is 0 Å². The molecule has 2 N–H and O–H groups in total. The van der Waals surface area contributed by atoms with Crippen LogP contribution < -0.4 is 5.73 Å². The lowest BCUT2D eigenvalue weighted by Gasteiger charge is -2.21. The highest BCUT2D eigenvalue weighted by atomic mass is 16.5. The van der Waals surface area contributed by atoms with Gasteiger partial charge in [-0.15, -0.1) is 0 Å². The van der Waals surface area contributed by atoms with Gasteiger partial charge in [-0.3, -0.25) is 0 Å². The lowest BCUT2D eigenvalue weighted by molar-refractivity contribution is 0.0773. The first-order chi connectivity index (χ1) is 7.17. The van der Waals surface area contributed by atoms with Crippen molar-refractivity contribution < 1.29 is 4.74 Å². The molecule has 0 bridgehead atoms. The van der Waals surface area contributed by atoms with Gasteiger partial charge in [-0.25, -0.2) is 0 Å². The molecule has 84 valence electrons. The first-order valence-corrected chi connectivity index (χ1v) is 5.51. The molecule has 0 amide bonds. The Bertz CT molecular complexity index is 277. The minimum atomic E-state index is 0.0858. The third-order valence-electron chi connectivity index (χ3n) is 2.77. The SMILES string of the molecule is CCC(OC)C(N)Cc1ccc(C)cc1. The minimum Gasteiger partial charge on any atom is -0.380 e. The van der Waals surface area contributed by atoms with Crippen LogP contribution in [0.5, 0.6) is 0 Å². The van der Waals surface area contributed by atoms with Crippen molar-refractivity contribution in [3.05, 3.63) is 35.4 Å². The van der Waals surface area contributed by atoms with E-state index in [4.69, 9.17) is 10.5 Å². The molecule has 2 unspecified atom stereocenters. The summed E-state index contributed by atoms with van der Waals surface area (Å²) in [6, 6.07) is 8.60. The van der Waals surface area contributed by atoms with Crippen molar-refractivity contribution in [2.75, 3.05) is 7.11 Å². The number of benzene rings is 1. The number of ether oxygens (including phenoxy) is 1. The van der Waals surface area contributed by atoms with Crippen LogP contribution >= 0.6 is 0 Å². The van der Waals surface area contributed by atoms with Crippen LogP contribution in [0.25, 0.3) is 0 Å². The topological polar surface area (TPSA) is 35.2 Å². The molecular formula is C13H21NO.